The van der Waals surface area contributed by atoms with E-state index in [0.717, 1.165) is 29.6 Å². The fourth-order valence-corrected chi connectivity index (χ4v) is 2.53. The molecule has 20 heavy (non-hydrogen) atoms. The Morgan fingerprint density at radius 2 is 1.90 bits per heavy atom. The minimum atomic E-state index is -0.0693. The molecule has 0 fully saturated rings. The van der Waals surface area contributed by atoms with Gasteiger partial charge in [-0.3, -0.25) is 0 Å². The van der Waals surface area contributed by atoms with E-state index in [4.69, 9.17) is 0 Å². The van der Waals surface area contributed by atoms with Crippen LogP contribution in [0.15, 0.2) is 42.5 Å². The summed E-state index contributed by atoms with van der Waals surface area (Å²) < 4.78 is 1.86. The van der Waals surface area contributed by atoms with E-state index in [-0.39, 0.29) is 6.61 Å². The maximum absolute atomic E-state index is 9.40. The third-order valence-corrected chi connectivity index (χ3v) is 3.48. The molecule has 2 aromatic carbocycles. The number of fused-ring (bicyclic) bond motifs is 1. The van der Waals surface area contributed by atoms with Crippen molar-refractivity contribution in [3.8, 4) is 5.69 Å². The third kappa shape index (κ3) is 2.08. The summed E-state index contributed by atoms with van der Waals surface area (Å²) >= 11 is 0. The molecule has 0 saturated carbocycles. The molecule has 0 bridgehead atoms. The molecule has 0 atom stereocenters. The summed E-state index contributed by atoms with van der Waals surface area (Å²) in [4.78, 5) is 0. The van der Waals surface area contributed by atoms with E-state index in [1.165, 1.54) is 5.39 Å². The van der Waals surface area contributed by atoms with Gasteiger partial charge in [0, 0.05) is 5.39 Å². The zero-order valence-electron chi connectivity index (χ0n) is 11.5. The van der Waals surface area contributed by atoms with Crippen LogP contribution in [0.25, 0.3) is 16.5 Å². The highest BCUT2D eigenvalue weighted by Crippen LogP contribution is 2.24. The number of aliphatic hydroxyl groups is 1. The molecule has 1 N–H and O–H groups in total. The Morgan fingerprint density at radius 1 is 1.10 bits per heavy atom. The topological polar surface area (TPSA) is 50.9 Å². The molecule has 0 radical (unpaired) electrons. The Morgan fingerprint density at radius 3 is 2.70 bits per heavy atom. The summed E-state index contributed by atoms with van der Waals surface area (Å²) in [5.41, 5.74) is 2.67. The molecule has 1 aromatic heterocycles. The molecule has 4 nitrogen and oxygen atoms in total. The normalized spacial score (nSPS) is 11.1. The van der Waals surface area contributed by atoms with Crippen LogP contribution in [0.1, 0.15) is 24.7 Å². The molecule has 0 aliphatic carbocycles. The van der Waals surface area contributed by atoms with Gasteiger partial charge in [0.05, 0.1) is 18.0 Å². The zero-order valence-corrected chi connectivity index (χ0v) is 11.5. The van der Waals surface area contributed by atoms with Gasteiger partial charge in [0.15, 0.2) is 0 Å². The van der Waals surface area contributed by atoms with Gasteiger partial charge in [-0.15, -0.1) is 5.10 Å². The average molecular weight is 267 g/mol. The summed E-state index contributed by atoms with van der Waals surface area (Å²) in [6.45, 7) is 2.04. The highest BCUT2D eigenvalue weighted by atomic mass is 16.3. The Labute approximate surface area is 117 Å². The third-order valence-electron chi connectivity index (χ3n) is 3.48. The lowest BCUT2D eigenvalue weighted by Gasteiger charge is -2.09. The van der Waals surface area contributed by atoms with Crippen molar-refractivity contribution >= 4 is 10.8 Å². The Hall–Kier alpha value is -2.20. The number of nitrogens with zero attached hydrogens (tertiary/aromatic N) is 3. The smallest absolute Gasteiger partial charge is 0.112 e. The first kappa shape index (κ1) is 12.8. The lowest BCUT2D eigenvalue weighted by atomic mass is 10.1. The molecule has 0 saturated heterocycles. The second kappa shape index (κ2) is 5.43. The van der Waals surface area contributed by atoms with Crippen molar-refractivity contribution in [2.75, 3.05) is 0 Å². The van der Waals surface area contributed by atoms with Crippen molar-refractivity contribution in [2.24, 2.45) is 0 Å². The molecule has 3 aromatic rings. The van der Waals surface area contributed by atoms with Crippen LogP contribution >= 0.6 is 0 Å². The van der Waals surface area contributed by atoms with Crippen molar-refractivity contribution in [2.45, 2.75) is 26.4 Å². The molecule has 4 heteroatoms. The van der Waals surface area contributed by atoms with Gasteiger partial charge in [-0.05, 0) is 17.9 Å². The summed E-state index contributed by atoms with van der Waals surface area (Å²) in [6.07, 6.45) is 1.84. The molecule has 0 aliphatic heterocycles. The maximum atomic E-state index is 9.40. The molecule has 3 rings (SSSR count). The predicted molar refractivity (Wildman–Crippen MR) is 78.8 cm³/mol. The Balaban J connectivity index is 2.23. The minimum Gasteiger partial charge on any atom is -0.390 e. The van der Waals surface area contributed by atoms with Gasteiger partial charge in [0.2, 0.25) is 0 Å². The molecule has 0 aliphatic rings. The van der Waals surface area contributed by atoms with Crippen molar-refractivity contribution in [3.05, 3.63) is 53.9 Å². The van der Waals surface area contributed by atoms with Crippen LogP contribution in [0.4, 0.5) is 0 Å². The number of benzene rings is 2. The highest BCUT2D eigenvalue weighted by molar-refractivity contribution is 5.90. The van der Waals surface area contributed by atoms with Gasteiger partial charge in [-0.2, -0.15) is 0 Å². The minimum absolute atomic E-state index is 0.0693. The fraction of sp³-hybridized carbons (Fsp3) is 0.250. The van der Waals surface area contributed by atoms with Crippen molar-refractivity contribution < 1.29 is 5.11 Å². The van der Waals surface area contributed by atoms with E-state index in [1.807, 2.05) is 28.9 Å². The molecular formula is C16H17N3O. The zero-order chi connectivity index (χ0) is 13.9. The monoisotopic (exact) mass is 267 g/mol. The van der Waals surface area contributed by atoms with E-state index in [9.17, 15) is 5.11 Å². The summed E-state index contributed by atoms with van der Waals surface area (Å²) in [5, 5.41) is 20.0. The Kier molecular flexibility index (Phi) is 3.48. The standard InChI is InChI=1S/C16H17N3O/c1-2-6-16-14(11-20)17-18-19(16)15-10-5-8-12-7-3-4-9-13(12)15/h3-5,7-10,20H,2,6,11H2,1H3. The van der Waals surface area contributed by atoms with E-state index in [1.54, 1.807) is 0 Å². The van der Waals surface area contributed by atoms with Crippen LogP contribution in [0.2, 0.25) is 0 Å². The van der Waals surface area contributed by atoms with Gasteiger partial charge in [0.25, 0.3) is 0 Å². The van der Waals surface area contributed by atoms with Crippen molar-refractivity contribution in [1.29, 1.82) is 0 Å². The van der Waals surface area contributed by atoms with E-state index in [0.29, 0.717) is 5.69 Å². The van der Waals surface area contributed by atoms with E-state index < -0.39 is 0 Å². The van der Waals surface area contributed by atoms with Crippen molar-refractivity contribution in [3.63, 3.8) is 0 Å². The summed E-state index contributed by atoms with van der Waals surface area (Å²) in [7, 11) is 0. The van der Waals surface area contributed by atoms with Gasteiger partial charge in [0.1, 0.15) is 5.69 Å². The van der Waals surface area contributed by atoms with Crippen molar-refractivity contribution in [1.82, 2.24) is 15.0 Å². The quantitative estimate of drug-likeness (QED) is 0.790. The number of aromatic nitrogens is 3. The number of rotatable bonds is 4. The average Bonchev–Trinajstić information content (AvgIpc) is 2.90. The van der Waals surface area contributed by atoms with Crippen LogP contribution < -0.4 is 0 Å². The SMILES string of the molecule is CCCc1c(CO)nnn1-c1cccc2ccccc12. The predicted octanol–water partition coefficient (Wildman–Crippen LogP) is 2.87. The second-order valence-electron chi connectivity index (χ2n) is 4.80. The highest BCUT2D eigenvalue weighted by Gasteiger charge is 2.14. The Bertz CT molecular complexity index is 728. The molecule has 102 valence electrons. The van der Waals surface area contributed by atoms with Crippen LogP contribution in [0, 0.1) is 0 Å². The lowest BCUT2D eigenvalue weighted by Crippen LogP contribution is -2.04. The largest absolute Gasteiger partial charge is 0.390 e. The van der Waals surface area contributed by atoms with E-state index >= 15 is 0 Å². The molecule has 1 heterocycles. The molecule has 0 amide bonds. The van der Waals surface area contributed by atoms with Crippen LogP contribution in [0.5, 0.6) is 0 Å². The first-order chi connectivity index (χ1) is 9.85. The second-order valence-corrected chi connectivity index (χ2v) is 4.80. The van der Waals surface area contributed by atoms with Crippen LogP contribution in [-0.4, -0.2) is 20.1 Å². The lowest BCUT2D eigenvalue weighted by molar-refractivity contribution is 0.275. The van der Waals surface area contributed by atoms with E-state index in [2.05, 4.69) is 35.4 Å². The molecular weight excluding hydrogens is 250 g/mol. The maximum Gasteiger partial charge on any atom is 0.112 e. The van der Waals surface area contributed by atoms with Gasteiger partial charge < -0.3 is 5.11 Å². The number of hydrogen-bond donors (Lipinski definition) is 1. The summed E-state index contributed by atoms with van der Waals surface area (Å²) in [6, 6.07) is 14.4. The summed E-state index contributed by atoms with van der Waals surface area (Å²) in [5.74, 6) is 0. The first-order valence-corrected chi connectivity index (χ1v) is 6.87. The fourth-order valence-electron chi connectivity index (χ4n) is 2.53. The van der Waals surface area contributed by atoms with Crippen LogP contribution in [-0.2, 0) is 13.0 Å². The number of hydrogen-bond acceptors (Lipinski definition) is 3. The van der Waals surface area contributed by atoms with Crippen LogP contribution in [0.3, 0.4) is 0 Å². The number of aliphatic hydroxyl groups excluding tert-OH is 1. The molecule has 0 spiro atoms. The molecule has 0 unspecified atom stereocenters. The van der Waals surface area contributed by atoms with Gasteiger partial charge >= 0.3 is 0 Å². The van der Waals surface area contributed by atoms with Gasteiger partial charge in [-0.1, -0.05) is 55.0 Å². The first-order valence-electron chi connectivity index (χ1n) is 6.87. The van der Waals surface area contributed by atoms with Gasteiger partial charge in [-0.25, -0.2) is 4.68 Å².